The highest BCUT2D eigenvalue weighted by Crippen LogP contribution is 2.48. The first-order valence-corrected chi connectivity index (χ1v) is 6.22. The summed E-state index contributed by atoms with van der Waals surface area (Å²) in [5, 5.41) is 9.28. The number of amides is 1. The van der Waals surface area contributed by atoms with Gasteiger partial charge in [0.05, 0.1) is 10.8 Å². The average Bonchev–Trinajstić information content (AvgIpc) is 3.00. The molecule has 5 nitrogen and oxygen atoms in total. The van der Waals surface area contributed by atoms with Crippen molar-refractivity contribution in [2.75, 3.05) is 19.6 Å². The number of carboxylic acids is 1. The minimum atomic E-state index is -0.784. The van der Waals surface area contributed by atoms with Crippen LogP contribution in [0.3, 0.4) is 0 Å². The first-order chi connectivity index (χ1) is 7.99. The minimum Gasteiger partial charge on any atom is -0.481 e. The second-order valence-corrected chi connectivity index (χ2v) is 5.40. The Balaban J connectivity index is 2.07. The second-order valence-electron chi connectivity index (χ2n) is 5.40. The third-order valence-electron chi connectivity index (χ3n) is 4.47. The number of hydrogen-bond acceptors (Lipinski definition) is 3. The van der Waals surface area contributed by atoms with Crippen molar-refractivity contribution in [3.63, 3.8) is 0 Å². The van der Waals surface area contributed by atoms with E-state index in [2.05, 4.69) is 0 Å². The predicted octanol–water partition coefficient (Wildman–Crippen LogP) is 0.439. The molecule has 0 aromatic carbocycles. The number of hydrogen-bond donors (Lipinski definition) is 2. The molecule has 5 heteroatoms. The molecule has 2 fully saturated rings. The van der Waals surface area contributed by atoms with Gasteiger partial charge in [0.25, 0.3) is 0 Å². The van der Waals surface area contributed by atoms with E-state index < -0.39 is 11.4 Å². The third-order valence-corrected chi connectivity index (χ3v) is 4.47. The molecule has 0 spiro atoms. The zero-order chi connectivity index (χ0) is 12.7. The lowest BCUT2D eigenvalue weighted by Crippen LogP contribution is -2.42. The molecule has 1 heterocycles. The van der Waals surface area contributed by atoms with Crippen molar-refractivity contribution in [2.24, 2.45) is 16.6 Å². The first-order valence-electron chi connectivity index (χ1n) is 6.22. The molecule has 17 heavy (non-hydrogen) atoms. The van der Waals surface area contributed by atoms with Crippen LogP contribution in [-0.2, 0) is 9.59 Å². The lowest BCUT2D eigenvalue weighted by molar-refractivity contribution is -0.149. The Morgan fingerprint density at radius 3 is 2.29 bits per heavy atom. The first kappa shape index (κ1) is 12.4. The molecule has 2 aliphatic rings. The fourth-order valence-electron chi connectivity index (χ4n) is 2.65. The van der Waals surface area contributed by atoms with Crippen molar-refractivity contribution in [1.82, 2.24) is 4.90 Å². The van der Waals surface area contributed by atoms with Crippen molar-refractivity contribution in [3.8, 4) is 0 Å². The van der Waals surface area contributed by atoms with Crippen LogP contribution >= 0.6 is 0 Å². The predicted molar refractivity (Wildman–Crippen MR) is 62.3 cm³/mol. The lowest BCUT2D eigenvalue weighted by atomic mass is 9.84. The zero-order valence-corrected chi connectivity index (χ0v) is 10.2. The van der Waals surface area contributed by atoms with Crippen molar-refractivity contribution in [1.29, 1.82) is 0 Å². The molecule has 1 saturated heterocycles. The highest BCUT2D eigenvalue weighted by atomic mass is 16.4. The Morgan fingerprint density at radius 1 is 1.29 bits per heavy atom. The van der Waals surface area contributed by atoms with Gasteiger partial charge in [-0.1, -0.05) is 6.92 Å². The highest BCUT2D eigenvalue weighted by molar-refractivity contribution is 5.87. The Hall–Kier alpha value is -1.10. The highest BCUT2D eigenvalue weighted by Gasteiger charge is 2.54. The molecule has 0 aromatic heterocycles. The Labute approximate surface area is 101 Å². The fraction of sp³-hybridized carbons (Fsp3) is 0.833. The van der Waals surface area contributed by atoms with Crippen LogP contribution in [0.5, 0.6) is 0 Å². The molecule has 0 aromatic rings. The summed E-state index contributed by atoms with van der Waals surface area (Å²) in [7, 11) is 0. The molecule has 96 valence electrons. The Morgan fingerprint density at radius 2 is 1.94 bits per heavy atom. The fourth-order valence-corrected chi connectivity index (χ4v) is 2.65. The summed E-state index contributed by atoms with van der Waals surface area (Å²) in [5.41, 5.74) is 4.54. The van der Waals surface area contributed by atoms with Crippen molar-refractivity contribution >= 4 is 11.9 Å². The molecule has 1 amide bonds. The van der Waals surface area contributed by atoms with Crippen molar-refractivity contribution < 1.29 is 14.7 Å². The molecular weight excluding hydrogens is 220 g/mol. The maximum Gasteiger partial charge on any atom is 0.311 e. The van der Waals surface area contributed by atoms with Crippen LogP contribution in [0.2, 0.25) is 0 Å². The lowest BCUT2D eigenvalue weighted by Gasteiger charge is -2.25. The topological polar surface area (TPSA) is 83.6 Å². The van der Waals surface area contributed by atoms with Crippen molar-refractivity contribution in [3.05, 3.63) is 0 Å². The van der Waals surface area contributed by atoms with Crippen LogP contribution < -0.4 is 5.73 Å². The number of carboxylic acid groups (broad SMARTS) is 1. The number of likely N-dealkylation sites (tertiary alicyclic amines) is 1. The number of nitrogens with two attached hydrogens (primary N) is 1. The molecule has 1 saturated carbocycles. The van der Waals surface area contributed by atoms with E-state index in [0.717, 1.165) is 12.8 Å². The molecular formula is C12H20N2O3. The van der Waals surface area contributed by atoms with Gasteiger partial charge in [-0.05, 0) is 25.7 Å². The van der Waals surface area contributed by atoms with Gasteiger partial charge in [0, 0.05) is 19.6 Å². The van der Waals surface area contributed by atoms with E-state index in [1.165, 1.54) is 0 Å². The summed E-state index contributed by atoms with van der Waals surface area (Å²) < 4.78 is 0. The van der Waals surface area contributed by atoms with Gasteiger partial charge in [-0.15, -0.1) is 0 Å². The van der Waals surface area contributed by atoms with E-state index in [1.807, 2.05) is 6.92 Å². The zero-order valence-electron chi connectivity index (χ0n) is 10.2. The number of rotatable bonds is 4. The maximum absolute atomic E-state index is 12.2. The molecule has 1 aliphatic carbocycles. The number of nitrogens with zero attached hydrogens (tertiary/aromatic N) is 1. The smallest absolute Gasteiger partial charge is 0.311 e. The van der Waals surface area contributed by atoms with Gasteiger partial charge in [-0.3, -0.25) is 9.59 Å². The maximum atomic E-state index is 12.2. The molecule has 1 atom stereocenters. The van der Waals surface area contributed by atoms with Crippen LogP contribution in [0.1, 0.15) is 32.6 Å². The van der Waals surface area contributed by atoms with E-state index in [-0.39, 0.29) is 11.3 Å². The standard InChI is InChI=1S/C12H20N2O3/c1-2-11(10(16)17)5-6-14(8-11)9(15)12(7-13)3-4-12/h2-8,13H2,1H3,(H,16,17). The van der Waals surface area contributed by atoms with Crippen molar-refractivity contribution in [2.45, 2.75) is 32.6 Å². The molecule has 0 radical (unpaired) electrons. The normalized spacial score (nSPS) is 30.4. The molecule has 1 unspecified atom stereocenters. The quantitative estimate of drug-likeness (QED) is 0.746. The molecule has 0 bridgehead atoms. The number of carbonyl (C=O) groups excluding carboxylic acids is 1. The summed E-state index contributed by atoms with van der Waals surface area (Å²) in [5.74, 6) is -0.718. The van der Waals surface area contributed by atoms with E-state index >= 15 is 0 Å². The summed E-state index contributed by atoms with van der Waals surface area (Å²) in [6.07, 6.45) is 2.84. The van der Waals surface area contributed by atoms with E-state index in [9.17, 15) is 14.7 Å². The summed E-state index contributed by atoms with van der Waals surface area (Å²) in [6, 6.07) is 0. The van der Waals surface area contributed by atoms with Gasteiger partial charge < -0.3 is 15.7 Å². The molecule has 2 rings (SSSR count). The monoisotopic (exact) mass is 240 g/mol. The van der Waals surface area contributed by atoms with Crippen LogP contribution in [0.15, 0.2) is 0 Å². The third kappa shape index (κ3) is 1.82. The molecule has 3 N–H and O–H groups in total. The average molecular weight is 240 g/mol. The van der Waals surface area contributed by atoms with Gasteiger partial charge >= 0.3 is 5.97 Å². The van der Waals surface area contributed by atoms with Gasteiger partial charge in [0.1, 0.15) is 0 Å². The van der Waals surface area contributed by atoms with Gasteiger partial charge in [-0.2, -0.15) is 0 Å². The van der Waals surface area contributed by atoms with Crippen LogP contribution in [-0.4, -0.2) is 41.5 Å². The molecule has 1 aliphatic heterocycles. The van der Waals surface area contributed by atoms with Gasteiger partial charge in [0.2, 0.25) is 5.91 Å². The number of carbonyl (C=O) groups is 2. The van der Waals surface area contributed by atoms with E-state index in [1.54, 1.807) is 4.90 Å². The largest absolute Gasteiger partial charge is 0.481 e. The SMILES string of the molecule is CCC1(C(=O)O)CCN(C(=O)C2(CN)CC2)C1. The second kappa shape index (κ2) is 3.98. The summed E-state index contributed by atoms with van der Waals surface area (Å²) in [4.78, 5) is 25.2. The Kier molecular flexibility index (Phi) is 2.89. The van der Waals surface area contributed by atoms with Crippen LogP contribution in [0.4, 0.5) is 0 Å². The van der Waals surface area contributed by atoms with Gasteiger partial charge in [0.15, 0.2) is 0 Å². The minimum absolute atomic E-state index is 0.0663. The summed E-state index contributed by atoms with van der Waals surface area (Å²) >= 11 is 0. The van der Waals surface area contributed by atoms with Crippen LogP contribution in [0, 0.1) is 10.8 Å². The summed E-state index contributed by atoms with van der Waals surface area (Å²) in [6.45, 7) is 3.16. The number of aliphatic carboxylic acids is 1. The Bertz CT molecular complexity index is 352. The van der Waals surface area contributed by atoms with E-state index in [4.69, 9.17) is 5.73 Å². The van der Waals surface area contributed by atoms with Gasteiger partial charge in [-0.25, -0.2) is 0 Å². The van der Waals surface area contributed by atoms with Crippen LogP contribution in [0.25, 0.3) is 0 Å². The van der Waals surface area contributed by atoms with E-state index in [0.29, 0.717) is 32.5 Å².